The zero-order valence-corrected chi connectivity index (χ0v) is 10.6. The lowest BCUT2D eigenvalue weighted by Gasteiger charge is -2.22. The molecule has 0 aliphatic rings. The van der Waals surface area contributed by atoms with Gasteiger partial charge in [0.25, 0.3) is 0 Å². The molecule has 1 aromatic carbocycles. The number of rotatable bonds is 4. The maximum Gasteiger partial charge on any atom is 0.138 e. The number of halogens is 1. The molecule has 0 aliphatic heterocycles. The highest BCUT2D eigenvalue weighted by Crippen LogP contribution is 2.30. The molecule has 1 rings (SSSR count). The third-order valence-corrected chi connectivity index (χ3v) is 2.61. The van der Waals surface area contributed by atoms with Gasteiger partial charge in [-0.05, 0) is 38.5 Å². The Morgan fingerprint density at radius 2 is 2.12 bits per heavy atom. The normalized spacial score (nSPS) is 14.9. The average molecular weight is 244 g/mol. The molecule has 0 heterocycles. The molecular weight excluding hydrogens is 226 g/mol. The largest absolute Gasteiger partial charge is 0.489 e. The summed E-state index contributed by atoms with van der Waals surface area (Å²) in [5.41, 5.74) is 5.12. The van der Waals surface area contributed by atoms with Crippen LogP contribution in [0, 0.1) is 0 Å². The lowest BCUT2D eigenvalue weighted by molar-refractivity contribution is 0.0667. The molecule has 0 saturated carbocycles. The highest BCUT2D eigenvalue weighted by molar-refractivity contribution is 6.32. The fourth-order valence-electron chi connectivity index (χ4n) is 1.30. The van der Waals surface area contributed by atoms with E-state index < -0.39 is 5.60 Å². The fraction of sp³-hybridized carbons (Fsp3) is 0.500. The van der Waals surface area contributed by atoms with E-state index in [1.807, 2.05) is 13.8 Å². The first-order valence-corrected chi connectivity index (χ1v) is 5.63. The van der Waals surface area contributed by atoms with Crippen molar-refractivity contribution in [2.75, 3.05) is 6.54 Å². The second-order valence-electron chi connectivity index (χ2n) is 4.29. The molecule has 4 heteroatoms. The van der Waals surface area contributed by atoms with Crippen LogP contribution >= 0.6 is 11.6 Å². The van der Waals surface area contributed by atoms with Crippen LogP contribution in [-0.2, 0) is 5.60 Å². The Morgan fingerprint density at radius 3 is 2.56 bits per heavy atom. The Morgan fingerprint density at radius 1 is 1.50 bits per heavy atom. The molecule has 3 nitrogen and oxygen atoms in total. The van der Waals surface area contributed by atoms with Gasteiger partial charge in [0.1, 0.15) is 5.75 Å². The average Bonchev–Trinajstić information content (AvgIpc) is 2.20. The maximum atomic E-state index is 9.97. The van der Waals surface area contributed by atoms with Gasteiger partial charge in [-0.15, -0.1) is 0 Å². The van der Waals surface area contributed by atoms with Crippen molar-refractivity contribution in [1.29, 1.82) is 0 Å². The predicted molar refractivity (Wildman–Crippen MR) is 65.8 cm³/mol. The van der Waals surface area contributed by atoms with Crippen molar-refractivity contribution in [2.45, 2.75) is 32.5 Å². The van der Waals surface area contributed by atoms with Crippen LogP contribution in [-0.4, -0.2) is 17.8 Å². The van der Waals surface area contributed by atoms with Gasteiger partial charge in [-0.25, -0.2) is 0 Å². The number of benzene rings is 1. The summed E-state index contributed by atoms with van der Waals surface area (Å²) < 4.78 is 5.50. The Kier molecular flexibility index (Phi) is 4.19. The van der Waals surface area contributed by atoms with Crippen LogP contribution in [0.4, 0.5) is 0 Å². The van der Waals surface area contributed by atoms with E-state index in [2.05, 4.69) is 0 Å². The molecule has 16 heavy (non-hydrogen) atoms. The van der Waals surface area contributed by atoms with Crippen molar-refractivity contribution in [3.8, 4) is 5.75 Å². The number of nitrogens with two attached hydrogens (primary N) is 1. The number of hydrogen-bond donors (Lipinski definition) is 2. The van der Waals surface area contributed by atoms with Crippen molar-refractivity contribution in [2.24, 2.45) is 5.73 Å². The number of ether oxygens (including phenoxy) is 1. The lowest BCUT2D eigenvalue weighted by atomic mass is 9.96. The van der Waals surface area contributed by atoms with Crippen LogP contribution in [0.25, 0.3) is 0 Å². The molecule has 1 atom stereocenters. The fourth-order valence-corrected chi connectivity index (χ4v) is 1.53. The molecule has 0 aromatic heterocycles. The van der Waals surface area contributed by atoms with Gasteiger partial charge in [0.15, 0.2) is 0 Å². The first kappa shape index (κ1) is 13.3. The summed E-state index contributed by atoms with van der Waals surface area (Å²) >= 11 is 6.06. The van der Waals surface area contributed by atoms with Gasteiger partial charge in [0.2, 0.25) is 0 Å². The van der Waals surface area contributed by atoms with E-state index in [4.69, 9.17) is 22.1 Å². The Balaban J connectivity index is 2.99. The summed E-state index contributed by atoms with van der Waals surface area (Å²) in [6, 6.07) is 5.21. The van der Waals surface area contributed by atoms with Gasteiger partial charge in [-0.3, -0.25) is 0 Å². The number of aliphatic hydroxyl groups is 1. The van der Waals surface area contributed by atoms with E-state index in [0.29, 0.717) is 16.3 Å². The van der Waals surface area contributed by atoms with E-state index in [1.165, 1.54) is 0 Å². The quantitative estimate of drug-likeness (QED) is 0.853. The van der Waals surface area contributed by atoms with E-state index in [9.17, 15) is 5.11 Å². The van der Waals surface area contributed by atoms with Gasteiger partial charge in [0, 0.05) is 6.54 Å². The van der Waals surface area contributed by atoms with Crippen LogP contribution < -0.4 is 10.5 Å². The van der Waals surface area contributed by atoms with Crippen molar-refractivity contribution >= 4 is 11.6 Å². The Bertz CT molecular complexity index is 364. The molecule has 0 saturated heterocycles. The standard InChI is InChI=1S/C12H18ClNO2/c1-8(2)16-11-5-4-9(6-10(11)13)12(3,15)7-14/h4-6,8,15H,7,14H2,1-3H3. The smallest absolute Gasteiger partial charge is 0.138 e. The molecule has 0 radical (unpaired) electrons. The zero-order valence-electron chi connectivity index (χ0n) is 9.83. The monoisotopic (exact) mass is 243 g/mol. The lowest BCUT2D eigenvalue weighted by Crippen LogP contribution is -2.31. The second kappa shape index (κ2) is 5.04. The van der Waals surface area contributed by atoms with Crippen LogP contribution in [0.3, 0.4) is 0 Å². The summed E-state index contributed by atoms with van der Waals surface area (Å²) in [5, 5.41) is 10.5. The first-order valence-electron chi connectivity index (χ1n) is 5.26. The van der Waals surface area contributed by atoms with Crippen molar-refractivity contribution < 1.29 is 9.84 Å². The summed E-state index contributed by atoms with van der Waals surface area (Å²) in [6.07, 6.45) is 0.0679. The summed E-state index contributed by atoms with van der Waals surface area (Å²) in [4.78, 5) is 0. The molecule has 0 amide bonds. The summed E-state index contributed by atoms with van der Waals surface area (Å²) in [6.45, 7) is 5.66. The zero-order chi connectivity index (χ0) is 12.3. The number of hydrogen-bond acceptors (Lipinski definition) is 3. The highest BCUT2D eigenvalue weighted by Gasteiger charge is 2.22. The van der Waals surface area contributed by atoms with Gasteiger partial charge < -0.3 is 15.6 Å². The van der Waals surface area contributed by atoms with Gasteiger partial charge >= 0.3 is 0 Å². The Hall–Kier alpha value is -0.770. The van der Waals surface area contributed by atoms with Crippen molar-refractivity contribution in [3.63, 3.8) is 0 Å². The molecule has 0 spiro atoms. The van der Waals surface area contributed by atoms with Crippen LogP contribution in [0.5, 0.6) is 5.75 Å². The highest BCUT2D eigenvalue weighted by atomic mass is 35.5. The van der Waals surface area contributed by atoms with Gasteiger partial charge in [-0.2, -0.15) is 0 Å². The maximum absolute atomic E-state index is 9.97. The minimum atomic E-state index is -1.06. The molecule has 0 fully saturated rings. The molecule has 0 aliphatic carbocycles. The molecule has 0 bridgehead atoms. The summed E-state index contributed by atoms with van der Waals surface area (Å²) in [7, 11) is 0. The molecule has 3 N–H and O–H groups in total. The third kappa shape index (κ3) is 3.11. The first-order chi connectivity index (χ1) is 7.36. The van der Waals surface area contributed by atoms with E-state index >= 15 is 0 Å². The summed E-state index contributed by atoms with van der Waals surface area (Å²) in [5.74, 6) is 0.619. The van der Waals surface area contributed by atoms with Gasteiger partial charge in [-0.1, -0.05) is 17.7 Å². The molecule has 1 unspecified atom stereocenters. The van der Waals surface area contributed by atoms with Crippen molar-refractivity contribution in [3.05, 3.63) is 28.8 Å². The second-order valence-corrected chi connectivity index (χ2v) is 4.70. The van der Waals surface area contributed by atoms with E-state index in [0.717, 1.165) is 0 Å². The topological polar surface area (TPSA) is 55.5 Å². The van der Waals surface area contributed by atoms with E-state index in [1.54, 1.807) is 25.1 Å². The predicted octanol–water partition coefficient (Wildman–Crippen LogP) is 2.29. The van der Waals surface area contributed by atoms with Crippen LogP contribution in [0.1, 0.15) is 26.3 Å². The minimum Gasteiger partial charge on any atom is -0.489 e. The minimum absolute atomic E-state index is 0.0679. The van der Waals surface area contributed by atoms with Gasteiger partial charge in [0.05, 0.1) is 16.7 Å². The third-order valence-electron chi connectivity index (χ3n) is 2.31. The van der Waals surface area contributed by atoms with Crippen molar-refractivity contribution in [1.82, 2.24) is 0 Å². The Labute approximate surface area is 101 Å². The van der Waals surface area contributed by atoms with E-state index in [-0.39, 0.29) is 12.6 Å². The SMILES string of the molecule is CC(C)Oc1ccc(C(C)(O)CN)cc1Cl. The molecule has 90 valence electrons. The van der Waals surface area contributed by atoms with Crippen LogP contribution in [0.2, 0.25) is 5.02 Å². The van der Waals surface area contributed by atoms with Crippen LogP contribution in [0.15, 0.2) is 18.2 Å². The molecule has 1 aromatic rings. The molecular formula is C12H18ClNO2.